The molecular formula is C5H3ClF3N2NaO3S. The third kappa shape index (κ3) is 3.11. The quantitative estimate of drug-likeness (QED) is 0.442. The van der Waals surface area contributed by atoms with Crippen LogP contribution in [0.25, 0.3) is 0 Å². The summed E-state index contributed by atoms with van der Waals surface area (Å²) in [5, 5.41) is 1.96. The summed E-state index contributed by atoms with van der Waals surface area (Å²) in [6.45, 7) is 0. The van der Waals surface area contributed by atoms with E-state index in [4.69, 9.17) is 11.6 Å². The van der Waals surface area contributed by atoms with Crippen molar-refractivity contribution >= 4 is 21.7 Å². The van der Waals surface area contributed by atoms with Crippen molar-refractivity contribution in [2.45, 2.75) is 11.1 Å². The van der Waals surface area contributed by atoms with Crippen LogP contribution in [0.2, 0.25) is 5.15 Å². The van der Waals surface area contributed by atoms with Gasteiger partial charge in [-0.15, -0.1) is 0 Å². The number of aryl methyl sites for hydroxylation is 1. The normalized spacial score (nSPS) is 12.4. The molecule has 0 aliphatic carbocycles. The van der Waals surface area contributed by atoms with Gasteiger partial charge >= 0.3 is 35.7 Å². The van der Waals surface area contributed by atoms with Crippen LogP contribution in [0, 0.1) is 0 Å². The number of aromatic nitrogens is 2. The predicted octanol–water partition coefficient (Wildman–Crippen LogP) is -2.00. The molecule has 0 spiro atoms. The SMILES string of the molecule is Cn1nc(C(F)(F)F)c(S(=O)(=O)[O-])c1Cl.[Na+]. The minimum absolute atomic E-state index is 0. The first kappa shape index (κ1) is 16.2. The number of alkyl halides is 3. The fraction of sp³-hybridized carbons (Fsp3) is 0.400. The summed E-state index contributed by atoms with van der Waals surface area (Å²) < 4.78 is 68.8. The van der Waals surface area contributed by atoms with Crippen LogP contribution in [0.4, 0.5) is 13.2 Å². The molecule has 5 nitrogen and oxygen atoms in total. The van der Waals surface area contributed by atoms with Crippen molar-refractivity contribution in [3.8, 4) is 0 Å². The molecule has 0 aliphatic heterocycles. The monoisotopic (exact) mass is 286 g/mol. The minimum Gasteiger partial charge on any atom is -0.744 e. The van der Waals surface area contributed by atoms with E-state index in [0.29, 0.717) is 4.68 Å². The summed E-state index contributed by atoms with van der Waals surface area (Å²) >= 11 is 5.23. The molecule has 0 amide bonds. The van der Waals surface area contributed by atoms with Crippen LogP contribution in [0.15, 0.2) is 4.90 Å². The topological polar surface area (TPSA) is 75.0 Å². The molecule has 1 aromatic heterocycles. The average molecular weight is 287 g/mol. The Kier molecular flexibility index (Phi) is 4.89. The van der Waals surface area contributed by atoms with Gasteiger partial charge in [0, 0.05) is 7.05 Å². The Morgan fingerprint density at radius 2 is 1.88 bits per heavy atom. The van der Waals surface area contributed by atoms with Crippen LogP contribution in [0.5, 0.6) is 0 Å². The molecule has 0 N–H and O–H groups in total. The zero-order chi connectivity index (χ0) is 12.0. The minimum atomic E-state index is -5.31. The Morgan fingerprint density at radius 3 is 2.12 bits per heavy atom. The second-order valence-corrected chi connectivity index (χ2v) is 4.22. The van der Waals surface area contributed by atoms with Gasteiger partial charge < -0.3 is 4.55 Å². The largest absolute Gasteiger partial charge is 1.00 e. The van der Waals surface area contributed by atoms with Crippen molar-refractivity contribution < 1.29 is 55.7 Å². The zero-order valence-corrected chi connectivity index (χ0v) is 11.6. The van der Waals surface area contributed by atoms with Gasteiger partial charge in [-0.1, -0.05) is 11.6 Å². The summed E-state index contributed by atoms with van der Waals surface area (Å²) in [5.41, 5.74) is -1.80. The molecule has 1 rings (SSSR count). The summed E-state index contributed by atoms with van der Waals surface area (Å²) in [7, 11) is -4.32. The van der Waals surface area contributed by atoms with Gasteiger partial charge in [-0.05, 0) is 0 Å². The van der Waals surface area contributed by atoms with Crippen molar-refractivity contribution in [1.29, 1.82) is 0 Å². The Balaban J connectivity index is 0.00000225. The molecule has 0 saturated carbocycles. The molecular weight excluding hydrogens is 284 g/mol. The molecule has 0 radical (unpaired) electrons. The van der Waals surface area contributed by atoms with Crippen LogP contribution in [0.3, 0.4) is 0 Å². The third-order valence-electron chi connectivity index (χ3n) is 1.46. The van der Waals surface area contributed by atoms with Gasteiger partial charge in [0.25, 0.3) is 0 Å². The Bertz CT molecular complexity index is 498. The zero-order valence-electron chi connectivity index (χ0n) is 8.04. The predicted molar refractivity (Wildman–Crippen MR) is 41.2 cm³/mol. The van der Waals surface area contributed by atoms with Crippen molar-refractivity contribution in [2.75, 3.05) is 0 Å². The second kappa shape index (κ2) is 4.83. The maximum absolute atomic E-state index is 12.2. The Morgan fingerprint density at radius 1 is 1.44 bits per heavy atom. The molecule has 0 unspecified atom stereocenters. The number of nitrogens with zero attached hydrogens (tertiary/aromatic N) is 2. The van der Waals surface area contributed by atoms with E-state index in [0.717, 1.165) is 7.05 Å². The first-order valence-electron chi connectivity index (χ1n) is 3.30. The first-order chi connectivity index (χ1) is 6.55. The number of halogens is 4. The van der Waals surface area contributed by atoms with E-state index in [1.807, 2.05) is 0 Å². The number of hydrogen-bond acceptors (Lipinski definition) is 4. The number of rotatable bonds is 1. The molecule has 1 aromatic rings. The second-order valence-electron chi connectivity index (χ2n) is 2.54. The van der Waals surface area contributed by atoms with Gasteiger partial charge in [-0.25, -0.2) is 8.42 Å². The maximum Gasteiger partial charge on any atom is 1.00 e. The van der Waals surface area contributed by atoms with Crippen molar-refractivity contribution in [2.24, 2.45) is 7.05 Å². The fourth-order valence-electron chi connectivity index (χ4n) is 0.891. The van der Waals surface area contributed by atoms with Gasteiger partial charge in [0.15, 0.2) is 5.69 Å². The van der Waals surface area contributed by atoms with E-state index in [-0.39, 0.29) is 29.6 Å². The van der Waals surface area contributed by atoms with E-state index in [1.54, 1.807) is 0 Å². The van der Waals surface area contributed by atoms with Gasteiger partial charge in [0.05, 0.1) is 0 Å². The summed E-state index contributed by atoms with van der Waals surface area (Å²) in [6, 6.07) is 0. The molecule has 86 valence electrons. The standard InChI is InChI=1S/C5H4ClF3N2O3S.Na/c1-11-4(6)2(15(12,13)14)3(10-11)5(7,8)9;/h1H3,(H,12,13,14);/q;+1/p-1. The van der Waals surface area contributed by atoms with Crippen LogP contribution >= 0.6 is 11.6 Å². The number of hydrogen-bond donors (Lipinski definition) is 0. The summed E-state index contributed by atoms with van der Waals surface area (Å²) in [5.74, 6) is 0. The Labute approximate surface area is 116 Å². The van der Waals surface area contributed by atoms with E-state index in [1.165, 1.54) is 0 Å². The molecule has 0 aromatic carbocycles. The fourth-order valence-corrected chi connectivity index (χ4v) is 2.03. The van der Waals surface area contributed by atoms with Crippen LogP contribution < -0.4 is 29.6 Å². The van der Waals surface area contributed by atoms with E-state index >= 15 is 0 Å². The molecule has 16 heavy (non-hydrogen) atoms. The van der Waals surface area contributed by atoms with Gasteiger partial charge in [-0.2, -0.15) is 18.3 Å². The smallest absolute Gasteiger partial charge is 0.744 e. The van der Waals surface area contributed by atoms with E-state index in [2.05, 4.69) is 5.10 Å². The Hall–Kier alpha value is 0.200. The van der Waals surface area contributed by atoms with Crippen LogP contribution in [0.1, 0.15) is 5.69 Å². The van der Waals surface area contributed by atoms with Gasteiger partial charge in [0.1, 0.15) is 20.2 Å². The average Bonchev–Trinajstić information content (AvgIpc) is 2.25. The third-order valence-corrected chi connectivity index (χ3v) is 2.89. The van der Waals surface area contributed by atoms with Gasteiger partial charge in [-0.3, -0.25) is 4.68 Å². The molecule has 0 atom stereocenters. The van der Waals surface area contributed by atoms with E-state index < -0.39 is 32.0 Å². The molecule has 0 bridgehead atoms. The maximum atomic E-state index is 12.2. The molecule has 1 heterocycles. The molecule has 0 saturated heterocycles. The van der Waals surface area contributed by atoms with Crippen LogP contribution in [-0.2, 0) is 23.3 Å². The van der Waals surface area contributed by atoms with Crippen molar-refractivity contribution in [3.63, 3.8) is 0 Å². The molecule has 0 fully saturated rings. The van der Waals surface area contributed by atoms with Gasteiger partial charge in [0.2, 0.25) is 0 Å². The van der Waals surface area contributed by atoms with Crippen molar-refractivity contribution in [1.82, 2.24) is 9.78 Å². The summed E-state index contributed by atoms with van der Waals surface area (Å²) in [6.07, 6.45) is -5.04. The summed E-state index contributed by atoms with van der Waals surface area (Å²) in [4.78, 5) is -1.54. The van der Waals surface area contributed by atoms with Crippen LogP contribution in [-0.4, -0.2) is 22.8 Å². The molecule has 11 heteroatoms. The first-order valence-corrected chi connectivity index (χ1v) is 5.09. The van der Waals surface area contributed by atoms with Crippen molar-refractivity contribution in [3.05, 3.63) is 10.8 Å². The molecule has 0 aliphatic rings. The van der Waals surface area contributed by atoms with E-state index in [9.17, 15) is 26.1 Å².